The summed E-state index contributed by atoms with van der Waals surface area (Å²) >= 11 is 1.75. The maximum absolute atomic E-state index is 4.67. The Bertz CT molecular complexity index is 809. The summed E-state index contributed by atoms with van der Waals surface area (Å²) in [7, 11) is 1.90. The summed E-state index contributed by atoms with van der Waals surface area (Å²) in [6.45, 7) is 7.40. The van der Waals surface area contributed by atoms with Gasteiger partial charge in [-0.25, -0.2) is 4.98 Å². The lowest BCUT2D eigenvalue weighted by atomic mass is 9.83. The number of fused-ring (bicyclic) bond motifs is 1. The summed E-state index contributed by atoms with van der Waals surface area (Å²) in [5.74, 6) is 1.75. The molecule has 1 N–H and O–H groups in total. The topological polar surface area (TPSA) is 43.8 Å². The number of piperidine rings is 2. The fourth-order valence-electron chi connectivity index (χ4n) is 4.81. The molecule has 4 rings (SSSR count). The van der Waals surface area contributed by atoms with Crippen molar-refractivity contribution in [2.45, 2.75) is 51.7 Å². The molecule has 0 radical (unpaired) electrons. The predicted molar refractivity (Wildman–Crippen MR) is 137 cm³/mol. The number of likely N-dealkylation sites (tertiary alicyclic amines) is 2. The van der Waals surface area contributed by atoms with Crippen molar-refractivity contribution < 1.29 is 0 Å². The Hall–Kier alpha value is -1.19. The van der Waals surface area contributed by atoms with Crippen LogP contribution in [-0.2, 0) is 19.5 Å². The minimum absolute atomic E-state index is 0. The summed E-state index contributed by atoms with van der Waals surface area (Å²) in [6, 6.07) is 11.6. The van der Waals surface area contributed by atoms with E-state index >= 15 is 0 Å². The van der Waals surface area contributed by atoms with Crippen molar-refractivity contribution in [3.8, 4) is 0 Å². The smallest absolute Gasteiger partial charge is 0.193 e. The monoisotopic (exact) mass is 539 g/mol. The zero-order chi connectivity index (χ0) is 20.1. The molecule has 2 fully saturated rings. The van der Waals surface area contributed by atoms with Crippen LogP contribution in [0.2, 0.25) is 0 Å². The van der Waals surface area contributed by atoms with E-state index in [4.69, 9.17) is 0 Å². The lowest BCUT2D eigenvalue weighted by molar-refractivity contribution is 0.0372. The average molecular weight is 540 g/mol. The lowest BCUT2D eigenvalue weighted by Crippen LogP contribution is -2.56. The summed E-state index contributed by atoms with van der Waals surface area (Å²) < 4.78 is 0. The van der Waals surface area contributed by atoms with Crippen molar-refractivity contribution in [2.24, 2.45) is 10.9 Å². The standard InChI is InChI=1S/C23H33N5S.HI/c1-3-22-26-20(17-29-22)14-25-23(24-2)28-13-11-21-19(16-28)10-7-12-27(21)15-18-8-5-4-6-9-18;/h4-6,8-9,17,19,21H,3,7,10-16H2,1-2H3,(H,24,25);1H. The third kappa shape index (κ3) is 5.73. The van der Waals surface area contributed by atoms with Gasteiger partial charge in [-0.1, -0.05) is 37.3 Å². The van der Waals surface area contributed by atoms with Crippen LogP contribution in [0.3, 0.4) is 0 Å². The number of rotatable bonds is 5. The van der Waals surface area contributed by atoms with E-state index in [-0.39, 0.29) is 24.0 Å². The Kier molecular flexibility index (Phi) is 8.95. The van der Waals surface area contributed by atoms with Crippen molar-refractivity contribution in [1.82, 2.24) is 20.1 Å². The highest BCUT2D eigenvalue weighted by Crippen LogP contribution is 2.31. The maximum atomic E-state index is 4.67. The van der Waals surface area contributed by atoms with Gasteiger partial charge < -0.3 is 10.2 Å². The van der Waals surface area contributed by atoms with Crippen LogP contribution in [-0.4, -0.2) is 53.5 Å². The second kappa shape index (κ2) is 11.4. The zero-order valence-electron chi connectivity index (χ0n) is 18.1. The number of aryl methyl sites for hydroxylation is 1. The maximum Gasteiger partial charge on any atom is 0.193 e. The number of thiazole rings is 1. The van der Waals surface area contributed by atoms with Crippen LogP contribution in [0.25, 0.3) is 0 Å². The van der Waals surface area contributed by atoms with Gasteiger partial charge in [0.1, 0.15) is 0 Å². The number of halogens is 1. The summed E-state index contributed by atoms with van der Waals surface area (Å²) in [5.41, 5.74) is 2.55. The average Bonchev–Trinajstić information content (AvgIpc) is 3.23. The van der Waals surface area contributed by atoms with Crippen molar-refractivity contribution in [2.75, 3.05) is 26.7 Å². The highest BCUT2D eigenvalue weighted by atomic mass is 127. The Morgan fingerprint density at radius 3 is 2.80 bits per heavy atom. The highest BCUT2D eigenvalue weighted by Gasteiger charge is 2.36. The van der Waals surface area contributed by atoms with E-state index in [0.29, 0.717) is 6.04 Å². The molecule has 0 spiro atoms. The van der Waals surface area contributed by atoms with Gasteiger partial charge >= 0.3 is 0 Å². The van der Waals surface area contributed by atoms with Crippen LogP contribution in [0.15, 0.2) is 40.7 Å². The summed E-state index contributed by atoms with van der Waals surface area (Å²) in [4.78, 5) is 14.4. The second-order valence-electron chi connectivity index (χ2n) is 8.15. The van der Waals surface area contributed by atoms with Crippen LogP contribution in [0.4, 0.5) is 0 Å². The third-order valence-electron chi connectivity index (χ3n) is 6.25. The Morgan fingerprint density at radius 2 is 2.07 bits per heavy atom. The van der Waals surface area contributed by atoms with Crippen LogP contribution in [0.5, 0.6) is 0 Å². The zero-order valence-corrected chi connectivity index (χ0v) is 21.2. The molecule has 0 saturated carbocycles. The largest absolute Gasteiger partial charge is 0.351 e. The van der Waals surface area contributed by atoms with Gasteiger partial charge in [-0.05, 0) is 43.7 Å². The first-order chi connectivity index (χ1) is 14.3. The van der Waals surface area contributed by atoms with Crippen LogP contribution >= 0.6 is 35.3 Å². The molecule has 2 aromatic rings. The number of aliphatic imine (C=N–C) groups is 1. The number of hydrogen-bond acceptors (Lipinski definition) is 4. The molecule has 164 valence electrons. The van der Waals surface area contributed by atoms with Gasteiger partial charge in [0.2, 0.25) is 0 Å². The van der Waals surface area contributed by atoms with Gasteiger partial charge in [0.25, 0.3) is 0 Å². The van der Waals surface area contributed by atoms with E-state index in [1.54, 1.807) is 11.3 Å². The van der Waals surface area contributed by atoms with Gasteiger partial charge in [-0.2, -0.15) is 0 Å². The molecule has 1 aromatic carbocycles. The first-order valence-corrected chi connectivity index (χ1v) is 11.8. The first kappa shape index (κ1) is 23.5. The van der Waals surface area contributed by atoms with E-state index in [0.717, 1.165) is 50.2 Å². The Labute approximate surface area is 202 Å². The van der Waals surface area contributed by atoms with Gasteiger partial charge in [-0.3, -0.25) is 9.89 Å². The molecule has 30 heavy (non-hydrogen) atoms. The molecular formula is C23H34IN5S. The summed E-state index contributed by atoms with van der Waals surface area (Å²) in [5, 5.41) is 6.91. The predicted octanol–water partition coefficient (Wildman–Crippen LogP) is 4.39. The minimum atomic E-state index is 0. The molecule has 2 atom stereocenters. The van der Waals surface area contributed by atoms with Crippen LogP contribution in [0.1, 0.15) is 42.5 Å². The number of hydrogen-bond donors (Lipinski definition) is 1. The number of guanidine groups is 1. The van der Waals surface area contributed by atoms with E-state index in [9.17, 15) is 0 Å². The minimum Gasteiger partial charge on any atom is -0.351 e. The highest BCUT2D eigenvalue weighted by molar-refractivity contribution is 14.0. The molecule has 7 heteroatoms. The Balaban J connectivity index is 0.00000256. The van der Waals surface area contributed by atoms with Crippen LogP contribution in [0, 0.1) is 5.92 Å². The molecule has 5 nitrogen and oxygen atoms in total. The molecule has 3 heterocycles. The normalized spacial score (nSPS) is 22.3. The molecule has 0 bridgehead atoms. The first-order valence-electron chi connectivity index (χ1n) is 10.9. The number of nitrogens with one attached hydrogen (secondary N) is 1. The number of benzene rings is 1. The van der Waals surface area contributed by atoms with Crippen LogP contribution < -0.4 is 5.32 Å². The number of aromatic nitrogens is 1. The van der Waals surface area contributed by atoms with E-state index in [2.05, 4.69) is 67.7 Å². The van der Waals surface area contributed by atoms with Crippen molar-refractivity contribution >= 4 is 41.3 Å². The van der Waals surface area contributed by atoms with Gasteiger partial charge in [0.15, 0.2) is 5.96 Å². The third-order valence-corrected chi connectivity index (χ3v) is 7.29. The quantitative estimate of drug-likeness (QED) is 0.348. The molecule has 0 aliphatic carbocycles. The van der Waals surface area contributed by atoms with E-state index in [1.165, 1.54) is 36.4 Å². The van der Waals surface area contributed by atoms with Crippen molar-refractivity contribution in [3.63, 3.8) is 0 Å². The molecule has 1 aromatic heterocycles. The van der Waals surface area contributed by atoms with Crippen molar-refractivity contribution in [1.29, 1.82) is 0 Å². The molecular weight excluding hydrogens is 505 g/mol. The fraction of sp³-hybridized carbons (Fsp3) is 0.565. The number of nitrogens with zero attached hydrogens (tertiary/aromatic N) is 4. The second-order valence-corrected chi connectivity index (χ2v) is 9.09. The summed E-state index contributed by atoms with van der Waals surface area (Å²) in [6.07, 6.45) is 4.85. The Morgan fingerprint density at radius 1 is 1.23 bits per heavy atom. The lowest BCUT2D eigenvalue weighted by Gasteiger charge is -2.48. The SMILES string of the molecule is CCc1nc(CNC(=NC)N2CCC3C(CCCN3Cc3ccccc3)C2)cs1.I. The van der Waals surface area contributed by atoms with E-state index in [1.807, 2.05) is 7.05 Å². The molecule has 2 aliphatic rings. The molecule has 2 saturated heterocycles. The van der Waals surface area contributed by atoms with Gasteiger partial charge in [0.05, 0.1) is 17.2 Å². The fourth-order valence-corrected chi connectivity index (χ4v) is 5.55. The van der Waals surface area contributed by atoms with Gasteiger partial charge in [0, 0.05) is 38.1 Å². The molecule has 2 aliphatic heterocycles. The van der Waals surface area contributed by atoms with Crippen molar-refractivity contribution in [3.05, 3.63) is 52.0 Å². The van der Waals surface area contributed by atoms with E-state index < -0.39 is 0 Å². The molecule has 0 amide bonds. The van der Waals surface area contributed by atoms with Gasteiger partial charge in [-0.15, -0.1) is 35.3 Å². The molecule has 2 unspecified atom stereocenters.